The number of amides is 1. The number of hydrogen-bond donors (Lipinski definition) is 2. The maximum absolute atomic E-state index is 12.4. The van der Waals surface area contributed by atoms with Crippen LogP contribution in [0.1, 0.15) is 6.92 Å². The first-order valence-corrected chi connectivity index (χ1v) is 10.4. The molecule has 2 N–H and O–H groups in total. The number of anilines is 2. The fraction of sp³-hybridized carbons (Fsp3) is 0.176. The van der Waals surface area contributed by atoms with Gasteiger partial charge in [-0.1, -0.05) is 59.5 Å². The highest BCUT2D eigenvalue weighted by molar-refractivity contribution is 8.02. The van der Waals surface area contributed by atoms with Crippen molar-refractivity contribution in [3.05, 3.63) is 48.4 Å². The van der Waals surface area contributed by atoms with E-state index < -0.39 is 0 Å². The molecule has 0 aliphatic heterocycles. The van der Waals surface area contributed by atoms with Crippen molar-refractivity contribution in [2.24, 2.45) is 0 Å². The van der Waals surface area contributed by atoms with Gasteiger partial charge < -0.3 is 10.6 Å². The molecule has 2 heterocycles. The second-order valence-electron chi connectivity index (χ2n) is 5.20. The van der Waals surface area contributed by atoms with Crippen LogP contribution in [0, 0.1) is 0 Å². The summed E-state index contributed by atoms with van der Waals surface area (Å²) in [7, 11) is 0. The topological polar surface area (TPSA) is 79.8 Å². The van der Waals surface area contributed by atoms with E-state index in [4.69, 9.17) is 0 Å². The highest BCUT2D eigenvalue weighted by Crippen LogP contribution is 2.30. The minimum atomic E-state index is -0.306. The molecular formula is C17H17N5OS3. The lowest BCUT2D eigenvalue weighted by atomic mass is 10.2. The summed E-state index contributed by atoms with van der Waals surface area (Å²) in [6.07, 6.45) is 1.75. The Hall–Kier alpha value is -2.23. The van der Waals surface area contributed by atoms with Crippen molar-refractivity contribution in [1.29, 1.82) is 0 Å². The zero-order chi connectivity index (χ0) is 18.4. The number of benzene rings is 1. The zero-order valence-corrected chi connectivity index (χ0v) is 16.5. The summed E-state index contributed by atoms with van der Waals surface area (Å²) in [6, 6.07) is 9.88. The van der Waals surface area contributed by atoms with Crippen molar-refractivity contribution < 1.29 is 4.79 Å². The molecule has 0 spiro atoms. The van der Waals surface area contributed by atoms with Crippen LogP contribution in [-0.4, -0.2) is 32.9 Å². The van der Waals surface area contributed by atoms with Crippen LogP contribution >= 0.6 is 34.4 Å². The molecule has 3 rings (SSSR count). The van der Waals surface area contributed by atoms with Gasteiger partial charge in [0.25, 0.3) is 0 Å². The Bertz CT molecular complexity index is 877. The van der Waals surface area contributed by atoms with Crippen molar-refractivity contribution in [2.45, 2.75) is 16.5 Å². The molecule has 6 nitrogen and oxygen atoms in total. The van der Waals surface area contributed by atoms with Gasteiger partial charge in [0.15, 0.2) is 9.47 Å². The van der Waals surface area contributed by atoms with Crippen LogP contribution < -0.4 is 10.6 Å². The zero-order valence-electron chi connectivity index (χ0n) is 14.0. The molecule has 1 amide bonds. The number of hydrogen-bond acceptors (Lipinski definition) is 8. The molecule has 0 saturated carbocycles. The third-order valence-corrected chi connectivity index (χ3v) is 6.08. The van der Waals surface area contributed by atoms with Gasteiger partial charge in [0.1, 0.15) is 0 Å². The molecule has 9 heteroatoms. The molecule has 0 saturated heterocycles. The van der Waals surface area contributed by atoms with Crippen molar-refractivity contribution in [2.75, 3.05) is 17.2 Å². The van der Waals surface area contributed by atoms with Gasteiger partial charge in [0, 0.05) is 17.5 Å². The molecule has 0 unspecified atom stereocenters. The minimum absolute atomic E-state index is 0.111. The van der Waals surface area contributed by atoms with Crippen LogP contribution in [0.3, 0.4) is 0 Å². The molecule has 0 aliphatic rings. The lowest BCUT2D eigenvalue weighted by molar-refractivity contribution is -0.115. The lowest BCUT2D eigenvalue weighted by Gasteiger charge is -2.07. The lowest BCUT2D eigenvalue weighted by Crippen LogP contribution is -2.22. The smallest absolute Gasteiger partial charge is 0.239 e. The third-order valence-electron chi connectivity index (χ3n) is 3.25. The summed E-state index contributed by atoms with van der Waals surface area (Å²) in [5.74, 6) is -0.111. The van der Waals surface area contributed by atoms with Crippen LogP contribution in [0.2, 0.25) is 0 Å². The highest BCUT2D eigenvalue weighted by atomic mass is 32.2. The van der Waals surface area contributed by atoms with E-state index in [0.717, 1.165) is 15.6 Å². The van der Waals surface area contributed by atoms with Crippen LogP contribution in [0.25, 0.3) is 11.3 Å². The second kappa shape index (κ2) is 8.93. The predicted molar refractivity (Wildman–Crippen MR) is 110 cm³/mol. The normalized spacial score (nSPS) is 11.7. The van der Waals surface area contributed by atoms with E-state index in [1.165, 1.54) is 34.4 Å². The first kappa shape index (κ1) is 18.6. The summed E-state index contributed by atoms with van der Waals surface area (Å²) in [5.41, 5.74) is 1.88. The highest BCUT2D eigenvalue weighted by Gasteiger charge is 2.18. The quantitative estimate of drug-likeness (QED) is 0.429. The van der Waals surface area contributed by atoms with Gasteiger partial charge in [0.2, 0.25) is 11.0 Å². The average molecular weight is 404 g/mol. The molecule has 1 aromatic carbocycles. The summed E-state index contributed by atoms with van der Waals surface area (Å²) in [4.78, 5) is 16.9. The van der Waals surface area contributed by atoms with Crippen molar-refractivity contribution >= 4 is 50.6 Å². The Morgan fingerprint density at radius 2 is 2.12 bits per heavy atom. The Labute approximate surface area is 163 Å². The fourth-order valence-corrected chi connectivity index (χ4v) is 4.60. The number of nitrogens with zero attached hydrogens (tertiary/aromatic N) is 3. The summed E-state index contributed by atoms with van der Waals surface area (Å²) in [6.45, 7) is 6.11. The summed E-state index contributed by atoms with van der Waals surface area (Å²) >= 11 is 4.20. The van der Waals surface area contributed by atoms with Crippen LogP contribution in [-0.2, 0) is 4.79 Å². The SMILES string of the molecule is C=CCNc1nnc(S[C@@H](C)C(=O)Nc2nc(-c3ccccc3)cs2)s1. The number of rotatable bonds is 8. The van der Waals surface area contributed by atoms with Gasteiger partial charge >= 0.3 is 0 Å². The number of thioether (sulfide) groups is 1. The number of nitrogens with one attached hydrogen (secondary N) is 2. The maximum Gasteiger partial charge on any atom is 0.239 e. The molecule has 134 valence electrons. The molecular weight excluding hydrogens is 386 g/mol. The predicted octanol–water partition coefficient (Wildman–Crippen LogP) is 4.38. The van der Waals surface area contributed by atoms with Gasteiger partial charge in [0.05, 0.1) is 10.9 Å². The Balaban J connectivity index is 1.57. The molecule has 0 aliphatic carbocycles. The number of carbonyl (C=O) groups is 1. The first-order chi connectivity index (χ1) is 12.7. The molecule has 26 heavy (non-hydrogen) atoms. The number of aromatic nitrogens is 3. The fourth-order valence-electron chi connectivity index (χ4n) is 1.97. The van der Waals surface area contributed by atoms with E-state index in [-0.39, 0.29) is 11.2 Å². The number of thiazole rings is 1. The largest absolute Gasteiger partial charge is 0.357 e. The molecule has 0 radical (unpaired) electrons. The summed E-state index contributed by atoms with van der Waals surface area (Å²) < 4.78 is 0.739. The van der Waals surface area contributed by atoms with Crippen LogP contribution in [0.15, 0.2) is 52.7 Å². The second-order valence-corrected chi connectivity index (χ2v) is 8.62. The minimum Gasteiger partial charge on any atom is -0.357 e. The van der Waals surface area contributed by atoms with Crippen molar-refractivity contribution in [1.82, 2.24) is 15.2 Å². The average Bonchev–Trinajstić information content (AvgIpc) is 3.30. The Kier molecular flexibility index (Phi) is 6.37. The van der Waals surface area contributed by atoms with E-state index in [2.05, 4.69) is 32.4 Å². The van der Waals surface area contributed by atoms with E-state index in [0.29, 0.717) is 16.8 Å². The van der Waals surface area contributed by atoms with Gasteiger partial charge in [-0.05, 0) is 6.92 Å². The monoisotopic (exact) mass is 403 g/mol. The van der Waals surface area contributed by atoms with E-state index >= 15 is 0 Å². The van der Waals surface area contributed by atoms with E-state index in [1.54, 1.807) is 6.08 Å². The van der Waals surface area contributed by atoms with E-state index in [9.17, 15) is 4.79 Å². The standard InChI is InChI=1S/C17H17N5OS3/c1-3-9-18-15-21-22-17(26-15)25-11(2)14(23)20-16-19-13(10-24-16)12-7-5-4-6-8-12/h3-8,10-11H,1,9H2,2H3,(H,18,21)(H,19,20,23)/t11-/m0/s1. The molecule has 3 aromatic rings. The Morgan fingerprint density at radius 3 is 2.88 bits per heavy atom. The van der Waals surface area contributed by atoms with Gasteiger partial charge in [-0.2, -0.15) is 0 Å². The molecule has 1 atom stereocenters. The van der Waals surface area contributed by atoms with Crippen molar-refractivity contribution in [3.63, 3.8) is 0 Å². The van der Waals surface area contributed by atoms with Crippen LogP contribution in [0.4, 0.5) is 10.3 Å². The first-order valence-electron chi connectivity index (χ1n) is 7.82. The van der Waals surface area contributed by atoms with E-state index in [1.807, 2.05) is 42.6 Å². The summed E-state index contributed by atoms with van der Waals surface area (Å²) in [5, 5.41) is 17.0. The maximum atomic E-state index is 12.4. The van der Waals surface area contributed by atoms with Crippen molar-refractivity contribution in [3.8, 4) is 11.3 Å². The van der Waals surface area contributed by atoms with Crippen LogP contribution in [0.5, 0.6) is 0 Å². The molecule has 2 aromatic heterocycles. The van der Waals surface area contributed by atoms with Gasteiger partial charge in [-0.25, -0.2) is 4.98 Å². The number of carbonyl (C=O) groups excluding carboxylic acids is 1. The molecule has 0 bridgehead atoms. The Morgan fingerprint density at radius 1 is 1.31 bits per heavy atom. The molecule has 0 fully saturated rings. The van der Waals surface area contributed by atoms with Gasteiger partial charge in [-0.3, -0.25) is 4.79 Å². The van der Waals surface area contributed by atoms with Gasteiger partial charge in [-0.15, -0.1) is 28.1 Å². The third kappa shape index (κ3) is 4.90.